The average molecular weight is 1390 g/mol. The standard InChI is InChI=1S/C88H158NO8P/c1-6-8-10-12-14-16-18-20-22-24-26-28-30-32-34-36-38-40-42-44-46-48-50-52-54-56-58-60-62-64-66-68-70-72-74-76-78-80-87(90)94-84-86(85-96-98(92,93)95-83-82-89(3,4)5)97-88(91)81-79-77-75-73-71-69-67-65-63-61-59-57-55-53-51-49-47-45-43-41-39-37-35-33-31-29-27-25-23-21-19-17-15-13-11-9-7-2/h9,11,15,17-18,20-21,23-24,26-27,29-30,32-33,35,39,41,86H,6-8,10,12-14,16,19,22,25,28,31,34,36-38,40,42-85H2,1-5H3/b11-9-,17-15-,20-18-,23-21-,26-24-,29-27-,32-30-,35-33-,41-39-. The molecule has 0 bridgehead atoms. The zero-order chi connectivity index (χ0) is 71.1. The summed E-state index contributed by atoms with van der Waals surface area (Å²) in [7, 11) is 1.18. The quantitative estimate of drug-likeness (QED) is 0.0195. The number of quaternary nitrogens is 1. The van der Waals surface area contributed by atoms with Crippen molar-refractivity contribution in [2.75, 3.05) is 47.5 Å². The van der Waals surface area contributed by atoms with Crippen LogP contribution in [0.1, 0.15) is 386 Å². The molecule has 0 aromatic heterocycles. The Morgan fingerprint density at radius 3 is 0.867 bits per heavy atom. The molecule has 0 heterocycles. The van der Waals surface area contributed by atoms with Crippen LogP contribution in [0.3, 0.4) is 0 Å². The van der Waals surface area contributed by atoms with Crippen LogP contribution in [0.4, 0.5) is 0 Å². The molecule has 0 N–H and O–H groups in total. The van der Waals surface area contributed by atoms with Crippen LogP contribution in [0.5, 0.6) is 0 Å². The van der Waals surface area contributed by atoms with Crippen molar-refractivity contribution in [3.05, 3.63) is 109 Å². The highest BCUT2D eigenvalue weighted by molar-refractivity contribution is 7.45. The zero-order valence-corrected chi connectivity index (χ0v) is 65.9. The number of phosphoric acid groups is 1. The summed E-state index contributed by atoms with van der Waals surface area (Å²) in [5.74, 6) is -0.817. The fourth-order valence-electron chi connectivity index (χ4n) is 12.0. The minimum absolute atomic E-state index is 0.0313. The van der Waals surface area contributed by atoms with Gasteiger partial charge in [0.1, 0.15) is 19.8 Å². The second-order valence-electron chi connectivity index (χ2n) is 29.1. The zero-order valence-electron chi connectivity index (χ0n) is 65.0. The van der Waals surface area contributed by atoms with E-state index in [0.717, 1.165) is 89.9 Å². The van der Waals surface area contributed by atoms with Gasteiger partial charge in [-0.15, -0.1) is 0 Å². The molecule has 0 rings (SSSR count). The molecule has 0 aliphatic rings. The highest BCUT2D eigenvalue weighted by Gasteiger charge is 2.22. The number of nitrogens with zero attached hydrogens (tertiary/aromatic N) is 1. The predicted molar refractivity (Wildman–Crippen MR) is 425 cm³/mol. The van der Waals surface area contributed by atoms with Crippen molar-refractivity contribution in [2.45, 2.75) is 392 Å². The Kier molecular flexibility index (Phi) is 75.2. The summed E-state index contributed by atoms with van der Waals surface area (Å²) in [6.45, 7) is 4.16. The normalized spacial score (nSPS) is 13.6. The van der Waals surface area contributed by atoms with E-state index in [2.05, 4.69) is 123 Å². The second kappa shape index (κ2) is 77.8. The fourth-order valence-corrected chi connectivity index (χ4v) is 12.7. The molecule has 568 valence electrons. The summed E-state index contributed by atoms with van der Waals surface area (Å²) in [6.07, 6.45) is 111. The number of ether oxygens (including phenoxy) is 2. The van der Waals surface area contributed by atoms with Gasteiger partial charge in [0.2, 0.25) is 0 Å². The van der Waals surface area contributed by atoms with Gasteiger partial charge in [-0.05, 0) is 103 Å². The van der Waals surface area contributed by atoms with Crippen LogP contribution in [0.2, 0.25) is 0 Å². The van der Waals surface area contributed by atoms with Crippen molar-refractivity contribution in [1.29, 1.82) is 0 Å². The minimum Gasteiger partial charge on any atom is -0.756 e. The lowest BCUT2D eigenvalue weighted by Gasteiger charge is -2.28. The van der Waals surface area contributed by atoms with E-state index in [4.69, 9.17) is 18.5 Å². The monoisotopic (exact) mass is 1390 g/mol. The SMILES string of the molecule is CC/C=C\C/C=C\C/C=C\C/C=C\C/C=C\C/C=C\CCCCCCCCCCCCCCCCCCCCC(=O)OC(COC(=O)CCCCCCCCCCCCCCCCCCCCCCCC/C=C\C/C=C\C/C=C\CCCCCCC)COP(=O)([O-])OCC[N+](C)(C)C. The van der Waals surface area contributed by atoms with Gasteiger partial charge in [0.15, 0.2) is 6.10 Å². The van der Waals surface area contributed by atoms with Crippen molar-refractivity contribution >= 4 is 19.8 Å². The molecule has 0 amide bonds. The van der Waals surface area contributed by atoms with Crippen LogP contribution in [-0.2, 0) is 32.7 Å². The summed E-state index contributed by atoms with van der Waals surface area (Å²) in [4.78, 5) is 38.2. The van der Waals surface area contributed by atoms with Crippen LogP contribution >= 0.6 is 7.82 Å². The highest BCUT2D eigenvalue weighted by atomic mass is 31.2. The van der Waals surface area contributed by atoms with Crippen LogP contribution in [-0.4, -0.2) is 70.0 Å². The van der Waals surface area contributed by atoms with Gasteiger partial charge in [-0.2, -0.15) is 0 Å². The van der Waals surface area contributed by atoms with Gasteiger partial charge in [-0.3, -0.25) is 14.2 Å². The number of unbranched alkanes of at least 4 members (excludes halogenated alkanes) is 45. The van der Waals surface area contributed by atoms with E-state index in [1.165, 1.54) is 263 Å². The number of hydrogen-bond donors (Lipinski definition) is 0. The smallest absolute Gasteiger partial charge is 0.306 e. The fraction of sp³-hybridized carbons (Fsp3) is 0.773. The number of likely N-dealkylation sites (N-methyl/N-ethyl adjacent to an activating group) is 1. The molecular weight excluding hydrogens is 1230 g/mol. The van der Waals surface area contributed by atoms with Gasteiger partial charge >= 0.3 is 11.9 Å². The predicted octanol–water partition coefficient (Wildman–Crippen LogP) is 27.3. The van der Waals surface area contributed by atoms with E-state index in [-0.39, 0.29) is 32.0 Å². The van der Waals surface area contributed by atoms with Crippen LogP contribution < -0.4 is 4.89 Å². The van der Waals surface area contributed by atoms with Crippen LogP contribution in [0, 0.1) is 0 Å². The van der Waals surface area contributed by atoms with Crippen molar-refractivity contribution in [1.82, 2.24) is 0 Å². The summed E-state index contributed by atoms with van der Waals surface area (Å²) >= 11 is 0. The van der Waals surface area contributed by atoms with Gasteiger partial charge in [0.25, 0.3) is 7.82 Å². The van der Waals surface area contributed by atoms with Crippen molar-refractivity contribution in [2.24, 2.45) is 0 Å². The molecule has 2 atom stereocenters. The number of carbonyl (C=O) groups is 2. The molecule has 0 aliphatic heterocycles. The third-order valence-corrected chi connectivity index (χ3v) is 19.2. The lowest BCUT2D eigenvalue weighted by molar-refractivity contribution is -0.870. The van der Waals surface area contributed by atoms with Gasteiger partial charge in [-0.1, -0.05) is 380 Å². The van der Waals surface area contributed by atoms with Crippen LogP contribution in [0.25, 0.3) is 0 Å². The van der Waals surface area contributed by atoms with Gasteiger partial charge < -0.3 is 27.9 Å². The molecule has 0 aromatic carbocycles. The van der Waals surface area contributed by atoms with Crippen molar-refractivity contribution < 1.29 is 42.1 Å². The Hall–Kier alpha value is -3.33. The van der Waals surface area contributed by atoms with E-state index in [1.807, 2.05) is 21.1 Å². The Bertz CT molecular complexity index is 2030. The molecule has 98 heavy (non-hydrogen) atoms. The number of phosphoric ester groups is 1. The van der Waals surface area contributed by atoms with E-state index in [0.29, 0.717) is 17.4 Å². The third-order valence-electron chi connectivity index (χ3n) is 18.3. The molecule has 0 spiro atoms. The minimum atomic E-state index is -4.65. The third kappa shape index (κ3) is 81.6. The van der Waals surface area contributed by atoms with Crippen LogP contribution in [0.15, 0.2) is 109 Å². The Labute approximate surface area is 607 Å². The van der Waals surface area contributed by atoms with Crippen molar-refractivity contribution in [3.63, 3.8) is 0 Å². The van der Waals surface area contributed by atoms with E-state index in [1.54, 1.807) is 0 Å². The molecule has 0 saturated heterocycles. The number of carbonyl (C=O) groups excluding carboxylic acids is 2. The number of rotatable bonds is 77. The highest BCUT2D eigenvalue weighted by Crippen LogP contribution is 2.38. The molecule has 0 saturated carbocycles. The second-order valence-corrected chi connectivity index (χ2v) is 30.5. The van der Waals surface area contributed by atoms with E-state index < -0.39 is 26.5 Å². The largest absolute Gasteiger partial charge is 0.756 e. The molecular formula is C88H158NO8P. The summed E-state index contributed by atoms with van der Waals surface area (Å²) in [5.41, 5.74) is 0. The average Bonchev–Trinajstić information content (AvgIpc) is 1.08. The van der Waals surface area contributed by atoms with Gasteiger partial charge in [0.05, 0.1) is 27.7 Å². The Morgan fingerprint density at radius 2 is 0.582 bits per heavy atom. The summed E-state index contributed by atoms with van der Waals surface area (Å²) < 4.78 is 34.5. The maximum atomic E-state index is 12.9. The first kappa shape index (κ1) is 94.7. The lowest BCUT2D eigenvalue weighted by atomic mass is 10.0. The number of hydrogen-bond acceptors (Lipinski definition) is 8. The first-order valence-corrected chi connectivity index (χ1v) is 43.1. The lowest BCUT2D eigenvalue weighted by Crippen LogP contribution is -2.37. The molecule has 9 nitrogen and oxygen atoms in total. The van der Waals surface area contributed by atoms with E-state index in [9.17, 15) is 19.0 Å². The van der Waals surface area contributed by atoms with Gasteiger partial charge in [-0.25, -0.2) is 0 Å². The van der Waals surface area contributed by atoms with E-state index >= 15 is 0 Å². The molecule has 0 aliphatic carbocycles. The molecule has 10 heteroatoms. The molecule has 0 radical (unpaired) electrons. The first-order chi connectivity index (χ1) is 48.0. The first-order valence-electron chi connectivity index (χ1n) is 41.6. The molecule has 2 unspecified atom stereocenters. The summed E-state index contributed by atoms with van der Waals surface area (Å²) in [5, 5.41) is 0. The molecule has 0 fully saturated rings. The topological polar surface area (TPSA) is 111 Å². The van der Waals surface area contributed by atoms with Gasteiger partial charge in [0, 0.05) is 12.8 Å². The Balaban J connectivity index is 3.93. The maximum Gasteiger partial charge on any atom is 0.306 e. The molecule has 0 aromatic rings. The number of allylic oxidation sites excluding steroid dienone is 18. The Morgan fingerprint density at radius 1 is 0.327 bits per heavy atom. The number of esters is 2. The summed E-state index contributed by atoms with van der Waals surface area (Å²) in [6, 6.07) is 0. The van der Waals surface area contributed by atoms with Crippen molar-refractivity contribution in [3.8, 4) is 0 Å². The maximum absolute atomic E-state index is 12.9.